The van der Waals surface area contributed by atoms with Crippen LogP contribution in [0.1, 0.15) is 23.0 Å². The molecule has 2 aromatic rings. The number of ether oxygens (including phenoxy) is 1. The number of carbonyl (C=O) groups is 2. The van der Waals surface area contributed by atoms with E-state index in [0.717, 1.165) is 0 Å². The van der Waals surface area contributed by atoms with Crippen LogP contribution in [0.3, 0.4) is 0 Å². The largest absolute Gasteiger partial charge is 0.478 e. The molecule has 0 fully saturated rings. The van der Waals surface area contributed by atoms with Gasteiger partial charge in [0.15, 0.2) is 5.69 Å². The molecule has 2 N–H and O–H groups in total. The fourth-order valence-electron chi connectivity index (χ4n) is 2.04. The number of hydrogen-bond acceptors (Lipinski definition) is 4. The molecule has 0 saturated heterocycles. The molecule has 2 rings (SSSR count). The highest BCUT2D eigenvalue weighted by Crippen LogP contribution is 2.34. The van der Waals surface area contributed by atoms with E-state index in [2.05, 4.69) is 10.4 Å². The van der Waals surface area contributed by atoms with Crippen LogP contribution in [0.5, 0.6) is 0 Å². The summed E-state index contributed by atoms with van der Waals surface area (Å²) in [6, 6.07) is 5.43. The number of aromatic nitrogens is 2. The highest BCUT2D eigenvalue weighted by Gasteiger charge is 2.40. The molecule has 25 heavy (non-hydrogen) atoms. The molecule has 0 bridgehead atoms. The molecular weight excluding hydrogens is 343 g/mol. The predicted octanol–water partition coefficient (Wildman–Crippen LogP) is 2.56. The van der Waals surface area contributed by atoms with Gasteiger partial charge in [-0.2, -0.15) is 18.3 Å². The Morgan fingerprint density at radius 2 is 2.04 bits per heavy atom. The highest BCUT2D eigenvalue weighted by atomic mass is 19.4. The maximum Gasteiger partial charge on any atom is 0.434 e. The normalized spacial score (nSPS) is 12.7. The maximum atomic E-state index is 13.2. The van der Waals surface area contributed by atoms with Crippen LogP contribution in [-0.4, -0.2) is 40.0 Å². The number of anilines is 1. The summed E-state index contributed by atoms with van der Waals surface area (Å²) in [5.74, 6) is -2.22. The first-order valence-corrected chi connectivity index (χ1v) is 6.97. The SMILES string of the molecule is COC(C)C(=O)Nc1cccc(-n2ncc(C(=O)O)c2C(F)(F)F)c1. The second-order valence-electron chi connectivity index (χ2n) is 5.04. The van der Waals surface area contributed by atoms with Crippen LogP contribution in [0.4, 0.5) is 18.9 Å². The van der Waals surface area contributed by atoms with Gasteiger partial charge in [-0.1, -0.05) is 6.07 Å². The summed E-state index contributed by atoms with van der Waals surface area (Å²) in [6.07, 6.45) is -5.05. The molecule has 1 atom stereocenters. The molecule has 10 heteroatoms. The third kappa shape index (κ3) is 3.97. The quantitative estimate of drug-likeness (QED) is 0.858. The van der Waals surface area contributed by atoms with Crippen molar-refractivity contribution in [3.63, 3.8) is 0 Å². The second kappa shape index (κ2) is 6.93. The van der Waals surface area contributed by atoms with Crippen molar-refractivity contribution >= 4 is 17.6 Å². The van der Waals surface area contributed by atoms with Gasteiger partial charge in [0, 0.05) is 12.8 Å². The molecule has 0 aliphatic heterocycles. The molecule has 1 aromatic heterocycles. The van der Waals surface area contributed by atoms with Crippen molar-refractivity contribution in [3.8, 4) is 5.69 Å². The van der Waals surface area contributed by atoms with E-state index in [9.17, 15) is 22.8 Å². The third-order valence-corrected chi connectivity index (χ3v) is 3.35. The summed E-state index contributed by atoms with van der Waals surface area (Å²) < 4.78 is 45.0. The zero-order valence-corrected chi connectivity index (χ0v) is 13.2. The van der Waals surface area contributed by atoms with Crippen molar-refractivity contribution in [2.24, 2.45) is 0 Å². The number of alkyl halides is 3. The van der Waals surface area contributed by atoms with E-state index in [-0.39, 0.29) is 11.4 Å². The van der Waals surface area contributed by atoms with Gasteiger partial charge in [0.1, 0.15) is 11.7 Å². The summed E-state index contributed by atoms with van der Waals surface area (Å²) in [5, 5.41) is 14.9. The van der Waals surface area contributed by atoms with Crippen molar-refractivity contribution in [3.05, 3.63) is 41.7 Å². The summed E-state index contributed by atoms with van der Waals surface area (Å²) in [4.78, 5) is 22.8. The van der Waals surface area contributed by atoms with Crippen LogP contribution in [0.25, 0.3) is 5.69 Å². The monoisotopic (exact) mass is 357 g/mol. The Labute approximate surface area is 140 Å². The lowest BCUT2D eigenvalue weighted by Gasteiger charge is -2.14. The number of carbonyl (C=O) groups excluding carboxylic acids is 1. The number of rotatable bonds is 5. The van der Waals surface area contributed by atoms with Crippen molar-refractivity contribution in [2.45, 2.75) is 19.2 Å². The van der Waals surface area contributed by atoms with Gasteiger partial charge >= 0.3 is 12.1 Å². The van der Waals surface area contributed by atoms with Crippen LogP contribution in [0.15, 0.2) is 30.5 Å². The van der Waals surface area contributed by atoms with Crippen molar-refractivity contribution < 1.29 is 32.6 Å². The number of nitrogens with zero attached hydrogens (tertiary/aromatic N) is 2. The molecule has 0 aliphatic rings. The third-order valence-electron chi connectivity index (χ3n) is 3.35. The number of nitrogens with one attached hydrogen (secondary N) is 1. The first-order chi connectivity index (χ1) is 11.6. The number of benzene rings is 1. The van der Waals surface area contributed by atoms with E-state index in [4.69, 9.17) is 9.84 Å². The van der Waals surface area contributed by atoms with E-state index in [1.54, 1.807) is 0 Å². The van der Waals surface area contributed by atoms with Crippen LogP contribution in [0.2, 0.25) is 0 Å². The average molecular weight is 357 g/mol. The van der Waals surface area contributed by atoms with Crippen LogP contribution in [-0.2, 0) is 15.7 Å². The first kappa shape index (κ1) is 18.5. The predicted molar refractivity (Wildman–Crippen MR) is 80.6 cm³/mol. The smallest absolute Gasteiger partial charge is 0.434 e. The van der Waals surface area contributed by atoms with E-state index in [0.29, 0.717) is 10.9 Å². The van der Waals surface area contributed by atoms with Crippen molar-refractivity contribution in [1.29, 1.82) is 0 Å². The number of halogens is 3. The van der Waals surface area contributed by atoms with Crippen LogP contribution >= 0.6 is 0 Å². The summed E-state index contributed by atoms with van der Waals surface area (Å²) in [6.45, 7) is 1.51. The van der Waals surface area contributed by atoms with Gasteiger partial charge in [0.2, 0.25) is 0 Å². The number of aromatic carboxylic acids is 1. The second-order valence-corrected chi connectivity index (χ2v) is 5.04. The van der Waals surface area contributed by atoms with Crippen LogP contribution < -0.4 is 5.32 Å². The fourth-order valence-corrected chi connectivity index (χ4v) is 2.04. The minimum absolute atomic E-state index is 0.0531. The number of carboxylic acid groups (broad SMARTS) is 1. The van der Waals surface area contributed by atoms with Crippen molar-refractivity contribution in [1.82, 2.24) is 9.78 Å². The van der Waals surface area contributed by atoms with E-state index in [1.165, 1.54) is 38.3 Å². The Hall–Kier alpha value is -2.88. The fraction of sp³-hybridized carbons (Fsp3) is 0.267. The average Bonchev–Trinajstić information content (AvgIpc) is 3.00. The van der Waals surface area contributed by atoms with E-state index < -0.39 is 35.4 Å². The lowest BCUT2D eigenvalue weighted by atomic mass is 10.2. The summed E-state index contributed by atoms with van der Waals surface area (Å²) >= 11 is 0. The number of carboxylic acids is 1. The molecule has 1 unspecified atom stereocenters. The zero-order chi connectivity index (χ0) is 18.8. The molecule has 134 valence electrons. The zero-order valence-electron chi connectivity index (χ0n) is 13.2. The Morgan fingerprint density at radius 1 is 1.36 bits per heavy atom. The molecule has 0 spiro atoms. The molecule has 1 heterocycles. The minimum atomic E-state index is -4.92. The standard InChI is InChI=1S/C15H14F3N3O4/c1-8(25-2)13(22)20-9-4-3-5-10(6-9)21-12(15(16,17)18)11(7-19-21)14(23)24/h3-8H,1-2H3,(H,20,22)(H,23,24). The Bertz CT molecular complexity index is 802. The molecule has 0 radical (unpaired) electrons. The maximum absolute atomic E-state index is 13.2. The summed E-state index contributed by atoms with van der Waals surface area (Å²) in [7, 11) is 1.34. The number of amides is 1. The van der Waals surface area contributed by atoms with Crippen molar-refractivity contribution in [2.75, 3.05) is 12.4 Å². The minimum Gasteiger partial charge on any atom is -0.478 e. The van der Waals surface area contributed by atoms with Gasteiger partial charge in [0.25, 0.3) is 5.91 Å². The number of hydrogen-bond donors (Lipinski definition) is 2. The van der Waals surface area contributed by atoms with Gasteiger partial charge in [-0.3, -0.25) is 4.79 Å². The molecule has 1 amide bonds. The molecular formula is C15H14F3N3O4. The van der Waals surface area contributed by atoms with Crippen LogP contribution in [0, 0.1) is 0 Å². The molecule has 0 aliphatic carbocycles. The van der Waals surface area contributed by atoms with Gasteiger partial charge in [-0.05, 0) is 25.1 Å². The lowest BCUT2D eigenvalue weighted by molar-refractivity contribution is -0.143. The number of methoxy groups -OCH3 is 1. The van der Waals surface area contributed by atoms with E-state index >= 15 is 0 Å². The Balaban J connectivity index is 2.45. The summed E-state index contributed by atoms with van der Waals surface area (Å²) in [5.41, 5.74) is -2.21. The molecule has 7 nitrogen and oxygen atoms in total. The van der Waals surface area contributed by atoms with Gasteiger partial charge < -0.3 is 15.2 Å². The van der Waals surface area contributed by atoms with Gasteiger partial charge in [-0.15, -0.1) is 0 Å². The topological polar surface area (TPSA) is 93.5 Å². The van der Waals surface area contributed by atoms with E-state index in [1.807, 2.05) is 0 Å². The molecule has 0 saturated carbocycles. The first-order valence-electron chi connectivity index (χ1n) is 6.97. The molecule has 1 aromatic carbocycles. The lowest BCUT2D eigenvalue weighted by Crippen LogP contribution is -2.26. The Morgan fingerprint density at radius 3 is 2.60 bits per heavy atom. The highest BCUT2D eigenvalue weighted by molar-refractivity contribution is 5.94. The van der Waals surface area contributed by atoms with Gasteiger partial charge in [-0.25, -0.2) is 9.48 Å². The van der Waals surface area contributed by atoms with Gasteiger partial charge in [0.05, 0.1) is 11.9 Å². The Kier molecular flexibility index (Phi) is 5.12.